The fourth-order valence-corrected chi connectivity index (χ4v) is 4.87. The Morgan fingerprint density at radius 2 is 1.88 bits per heavy atom. The highest BCUT2D eigenvalue weighted by Crippen LogP contribution is 2.24. The maximum Gasteiger partial charge on any atom is 0.260 e. The average Bonchev–Trinajstić information content (AvgIpc) is 2.92. The van der Waals surface area contributed by atoms with Crippen LogP contribution in [0, 0.1) is 0 Å². The summed E-state index contributed by atoms with van der Waals surface area (Å²) in [6.45, 7) is 9.02. The van der Waals surface area contributed by atoms with Crippen LogP contribution in [0.1, 0.15) is 52.5 Å². The van der Waals surface area contributed by atoms with Crippen LogP contribution in [0.4, 0.5) is 0 Å². The van der Waals surface area contributed by atoms with Crippen molar-refractivity contribution >= 4 is 15.7 Å². The number of ether oxygens (including phenoxy) is 1. The molecule has 0 aliphatic carbocycles. The number of amides is 1. The Kier molecular flexibility index (Phi) is 6.72. The van der Waals surface area contributed by atoms with Crippen LogP contribution in [-0.2, 0) is 20.0 Å². The van der Waals surface area contributed by atoms with Crippen molar-refractivity contribution in [3.05, 3.63) is 29.8 Å². The lowest BCUT2D eigenvalue weighted by molar-refractivity contribution is -0.135. The molecule has 0 aromatic heterocycles. The SMILES string of the molecule is CCCCN(C(=O)COc1ccc(C(C)(C)C)cc1)C1CCS(=O)(=O)C1. The predicted molar refractivity (Wildman–Crippen MR) is 104 cm³/mol. The lowest BCUT2D eigenvalue weighted by atomic mass is 9.87. The number of carbonyl (C=O) groups is 1. The van der Waals surface area contributed by atoms with Gasteiger partial charge < -0.3 is 9.64 Å². The zero-order valence-corrected chi connectivity index (χ0v) is 17.1. The summed E-state index contributed by atoms with van der Waals surface area (Å²) in [5.41, 5.74) is 1.27. The van der Waals surface area contributed by atoms with Gasteiger partial charge in [-0.25, -0.2) is 8.42 Å². The summed E-state index contributed by atoms with van der Waals surface area (Å²) >= 11 is 0. The molecule has 0 spiro atoms. The molecule has 1 saturated heterocycles. The van der Waals surface area contributed by atoms with E-state index in [1.807, 2.05) is 24.3 Å². The molecule has 146 valence electrons. The van der Waals surface area contributed by atoms with E-state index in [4.69, 9.17) is 4.74 Å². The van der Waals surface area contributed by atoms with E-state index in [0.29, 0.717) is 18.7 Å². The summed E-state index contributed by atoms with van der Waals surface area (Å²) in [6, 6.07) is 7.57. The van der Waals surface area contributed by atoms with Gasteiger partial charge in [-0.3, -0.25) is 4.79 Å². The Balaban J connectivity index is 1.98. The molecule has 1 atom stereocenters. The van der Waals surface area contributed by atoms with Crippen LogP contribution in [0.2, 0.25) is 0 Å². The van der Waals surface area contributed by atoms with Gasteiger partial charge in [0.2, 0.25) is 0 Å². The number of rotatable bonds is 7. The summed E-state index contributed by atoms with van der Waals surface area (Å²) in [7, 11) is -3.02. The van der Waals surface area contributed by atoms with Gasteiger partial charge in [0, 0.05) is 12.6 Å². The van der Waals surface area contributed by atoms with Crippen molar-refractivity contribution in [2.75, 3.05) is 24.7 Å². The summed E-state index contributed by atoms with van der Waals surface area (Å²) in [6.07, 6.45) is 2.35. The van der Waals surface area contributed by atoms with Crippen LogP contribution in [0.15, 0.2) is 24.3 Å². The highest BCUT2D eigenvalue weighted by atomic mass is 32.2. The van der Waals surface area contributed by atoms with E-state index in [0.717, 1.165) is 12.8 Å². The molecule has 6 heteroatoms. The third kappa shape index (κ3) is 5.73. The van der Waals surface area contributed by atoms with Crippen molar-refractivity contribution < 1.29 is 17.9 Å². The van der Waals surface area contributed by atoms with Crippen LogP contribution in [0.25, 0.3) is 0 Å². The monoisotopic (exact) mass is 381 g/mol. The number of nitrogens with zero attached hydrogens (tertiary/aromatic N) is 1. The molecule has 0 bridgehead atoms. The number of hydrogen-bond donors (Lipinski definition) is 0. The molecule has 1 fully saturated rings. The average molecular weight is 382 g/mol. The fraction of sp³-hybridized carbons (Fsp3) is 0.650. The number of benzene rings is 1. The number of sulfone groups is 1. The smallest absolute Gasteiger partial charge is 0.260 e. The summed E-state index contributed by atoms with van der Waals surface area (Å²) in [5, 5.41) is 0. The predicted octanol–water partition coefficient (Wildman–Crippen LogP) is 3.18. The minimum absolute atomic E-state index is 0.0604. The molecule has 1 unspecified atom stereocenters. The van der Waals surface area contributed by atoms with Gasteiger partial charge in [0.1, 0.15) is 5.75 Å². The molecule has 26 heavy (non-hydrogen) atoms. The molecule has 1 aliphatic heterocycles. The largest absolute Gasteiger partial charge is 0.484 e. The van der Waals surface area contributed by atoms with Crippen molar-refractivity contribution in [1.29, 1.82) is 0 Å². The molecular formula is C20H31NO4S. The van der Waals surface area contributed by atoms with Gasteiger partial charge in [0.25, 0.3) is 5.91 Å². The van der Waals surface area contributed by atoms with E-state index < -0.39 is 9.84 Å². The van der Waals surface area contributed by atoms with E-state index in [2.05, 4.69) is 27.7 Å². The van der Waals surface area contributed by atoms with Gasteiger partial charge >= 0.3 is 0 Å². The standard InChI is InChI=1S/C20H31NO4S/c1-5-6-12-21(17-11-13-26(23,24)15-17)19(22)14-25-18-9-7-16(8-10-18)20(2,3)4/h7-10,17H,5-6,11-15H2,1-4H3. The van der Waals surface area contributed by atoms with Crippen LogP contribution >= 0.6 is 0 Å². The van der Waals surface area contributed by atoms with Crippen molar-refractivity contribution in [3.8, 4) is 5.75 Å². The van der Waals surface area contributed by atoms with Gasteiger partial charge in [-0.1, -0.05) is 46.2 Å². The summed E-state index contributed by atoms with van der Waals surface area (Å²) in [5.74, 6) is 0.757. The maximum atomic E-state index is 12.7. The van der Waals surface area contributed by atoms with Crippen molar-refractivity contribution in [2.45, 2.75) is 58.4 Å². The van der Waals surface area contributed by atoms with Crippen LogP contribution < -0.4 is 4.74 Å². The van der Waals surface area contributed by atoms with E-state index in [-0.39, 0.29) is 35.5 Å². The highest BCUT2D eigenvalue weighted by Gasteiger charge is 2.34. The molecule has 1 amide bonds. The number of hydrogen-bond acceptors (Lipinski definition) is 4. The van der Waals surface area contributed by atoms with Crippen LogP contribution in [-0.4, -0.2) is 49.9 Å². The highest BCUT2D eigenvalue weighted by molar-refractivity contribution is 7.91. The van der Waals surface area contributed by atoms with Crippen LogP contribution in [0.3, 0.4) is 0 Å². The fourth-order valence-electron chi connectivity index (χ4n) is 3.14. The van der Waals surface area contributed by atoms with E-state index in [1.54, 1.807) is 4.90 Å². The normalized spacial score (nSPS) is 19.3. The maximum absolute atomic E-state index is 12.7. The first-order chi connectivity index (χ1) is 12.1. The van der Waals surface area contributed by atoms with Crippen molar-refractivity contribution in [1.82, 2.24) is 4.90 Å². The van der Waals surface area contributed by atoms with Gasteiger partial charge in [0.15, 0.2) is 16.4 Å². The van der Waals surface area contributed by atoms with Gasteiger partial charge in [-0.15, -0.1) is 0 Å². The third-order valence-electron chi connectivity index (χ3n) is 4.80. The zero-order chi connectivity index (χ0) is 19.4. The second-order valence-electron chi connectivity index (χ2n) is 8.06. The molecule has 5 nitrogen and oxygen atoms in total. The molecule has 0 radical (unpaired) electrons. The summed E-state index contributed by atoms with van der Waals surface area (Å²) in [4.78, 5) is 14.4. The van der Waals surface area contributed by atoms with Gasteiger partial charge in [0.05, 0.1) is 11.5 Å². The first kappa shape index (κ1) is 20.7. The lowest BCUT2D eigenvalue weighted by Gasteiger charge is -2.28. The number of carbonyl (C=O) groups excluding carboxylic acids is 1. The quantitative estimate of drug-likeness (QED) is 0.728. The van der Waals surface area contributed by atoms with E-state index in [1.165, 1.54) is 5.56 Å². The second kappa shape index (κ2) is 8.42. The van der Waals surface area contributed by atoms with E-state index in [9.17, 15) is 13.2 Å². The Bertz CT molecular complexity index is 704. The molecule has 0 N–H and O–H groups in total. The van der Waals surface area contributed by atoms with Crippen molar-refractivity contribution in [3.63, 3.8) is 0 Å². The summed E-state index contributed by atoms with van der Waals surface area (Å²) < 4.78 is 29.2. The van der Waals surface area contributed by atoms with Gasteiger partial charge in [-0.05, 0) is 36.0 Å². The Hall–Kier alpha value is -1.56. The van der Waals surface area contributed by atoms with Crippen LogP contribution in [0.5, 0.6) is 5.75 Å². The first-order valence-electron chi connectivity index (χ1n) is 9.35. The molecule has 1 heterocycles. The zero-order valence-electron chi connectivity index (χ0n) is 16.3. The molecule has 0 saturated carbocycles. The molecule has 1 aromatic carbocycles. The minimum atomic E-state index is -3.02. The Morgan fingerprint density at radius 1 is 1.23 bits per heavy atom. The third-order valence-corrected chi connectivity index (χ3v) is 6.56. The Morgan fingerprint density at radius 3 is 2.38 bits per heavy atom. The lowest BCUT2D eigenvalue weighted by Crippen LogP contribution is -2.44. The molecular weight excluding hydrogens is 350 g/mol. The topological polar surface area (TPSA) is 63.7 Å². The molecule has 1 aliphatic rings. The number of unbranched alkanes of at least 4 members (excludes halogenated alkanes) is 1. The van der Waals surface area contributed by atoms with Gasteiger partial charge in [-0.2, -0.15) is 0 Å². The first-order valence-corrected chi connectivity index (χ1v) is 11.2. The Labute approximate surface area is 157 Å². The minimum Gasteiger partial charge on any atom is -0.484 e. The van der Waals surface area contributed by atoms with E-state index >= 15 is 0 Å². The molecule has 2 rings (SSSR count). The molecule has 1 aromatic rings. The van der Waals surface area contributed by atoms with Crippen molar-refractivity contribution in [2.24, 2.45) is 0 Å². The second-order valence-corrected chi connectivity index (χ2v) is 10.3.